The van der Waals surface area contributed by atoms with Gasteiger partial charge in [-0.15, -0.1) is 0 Å². The fourth-order valence-corrected chi connectivity index (χ4v) is 3.32. The van der Waals surface area contributed by atoms with Crippen LogP contribution < -0.4 is 16.4 Å². The number of hydrogen-bond donors (Lipinski definition) is 3. The van der Waals surface area contributed by atoms with E-state index in [0.29, 0.717) is 19.4 Å². The van der Waals surface area contributed by atoms with Crippen molar-refractivity contribution < 1.29 is 14.0 Å². The van der Waals surface area contributed by atoms with Crippen molar-refractivity contribution in [2.75, 3.05) is 0 Å². The lowest BCUT2D eigenvalue weighted by Crippen LogP contribution is -2.47. The molecule has 1 aromatic heterocycles. The number of carbonyl (C=O) groups excluding carboxylic acids is 2. The number of furan rings is 1. The average Bonchev–Trinajstić information content (AvgIpc) is 3.27. The van der Waals surface area contributed by atoms with Crippen LogP contribution in [0.3, 0.4) is 0 Å². The summed E-state index contributed by atoms with van der Waals surface area (Å²) in [5.41, 5.74) is 8.61. The SMILES string of the molecule is NC(=O)[C@H](Cc1ccccc1)NC(=O)C[C@H](Cc1ccccc1)NCc1ccoc1. The molecule has 3 rings (SSSR count). The highest BCUT2D eigenvalue weighted by molar-refractivity contribution is 5.87. The number of carbonyl (C=O) groups is 2. The summed E-state index contributed by atoms with van der Waals surface area (Å²) in [6.07, 6.45) is 4.58. The number of hydrogen-bond acceptors (Lipinski definition) is 4. The minimum Gasteiger partial charge on any atom is -0.472 e. The van der Waals surface area contributed by atoms with Crippen LogP contribution in [0.1, 0.15) is 23.1 Å². The monoisotopic (exact) mass is 405 g/mol. The van der Waals surface area contributed by atoms with Gasteiger partial charge in [-0.2, -0.15) is 0 Å². The molecule has 0 unspecified atom stereocenters. The minimum absolute atomic E-state index is 0.104. The fourth-order valence-electron chi connectivity index (χ4n) is 3.32. The van der Waals surface area contributed by atoms with Crippen molar-refractivity contribution in [2.45, 2.75) is 37.9 Å². The molecule has 6 heteroatoms. The lowest BCUT2D eigenvalue weighted by Gasteiger charge is -2.21. The molecule has 30 heavy (non-hydrogen) atoms. The van der Waals surface area contributed by atoms with Crippen molar-refractivity contribution in [1.82, 2.24) is 10.6 Å². The van der Waals surface area contributed by atoms with Gasteiger partial charge in [0, 0.05) is 31.0 Å². The fraction of sp³-hybridized carbons (Fsp3) is 0.250. The summed E-state index contributed by atoms with van der Waals surface area (Å²) in [6.45, 7) is 0.588. The summed E-state index contributed by atoms with van der Waals surface area (Å²) < 4.78 is 5.11. The van der Waals surface area contributed by atoms with Gasteiger partial charge in [0.1, 0.15) is 6.04 Å². The first-order chi connectivity index (χ1) is 14.6. The van der Waals surface area contributed by atoms with E-state index in [4.69, 9.17) is 10.2 Å². The maximum Gasteiger partial charge on any atom is 0.240 e. The molecule has 0 radical (unpaired) electrons. The highest BCUT2D eigenvalue weighted by Crippen LogP contribution is 2.09. The summed E-state index contributed by atoms with van der Waals surface area (Å²) in [5.74, 6) is -0.756. The van der Waals surface area contributed by atoms with E-state index >= 15 is 0 Å². The zero-order chi connectivity index (χ0) is 21.2. The van der Waals surface area contributed by atoms with E-state index in [0.717, 1.165) is 16.7 Å². The van der Waals surface area contributed by atoms with Crippen LogP contribution in [-0.4, -0.2) is 23.9 Å². The predicted octanol–water partition coefficient (Wildman–Crippen LogP) is 2.58. The van der Waals surface area contributed by atoms with Crippen LogP contribution in [0.5, 0.6) is 0 Å². The third-order valence-corrected chi connectivity index (χ3v) is 4.89. The van der Waals surface area contributed by atoms with Crippen LogP contribution in [0.4, 0.5) is 0 Å². The number of nitrogens with two attached hydrogens (primary N) is 1. The molecule has 0 fully saturated rings. The molecule has 0 saturated carbocycles. The van der Waals surface area contributed by atoms with Gasteiger partial charge in [0.25, 0.3) is 0 Å². The highest BCUT2D eigenvalue weighted by Gasteiger charge is 2.21. The Balaban J connectivity index is 1.62. The summed E-state index contributed by atoms with van der Waals surface area (Å²) >= 11 is 0. The number of nitrogens with one attached hydrogen (secondary N) is 2. The van der Waals surface area contributed by atoms with Crippen molar-refractivity contribution in [1.29, 1.82) is 0 Å². The van der Waals surface area contributed by atoms with Gasteiger partial charge in [-0.05, 0) is 23.6 Å². The quantitative estimate of drug-likeness (QED) is 0.457. The van der Waals surface area contributed by atoms with Gasteiger partial charge in [-0.25, -0.2) is 0 Å². The standard InChI is InChI=1S/C24H27N3O3/c25-24(29)22(14-19-9-5-2-6-10-19)27-23(28)15-21(13-18-7-3-1-4-8-18)26-16-20-11-12-30-17-20/h1-12,17,21-22,26H,13-16H2,(H2,25,29)(H,27,28)/t21-,22-/m0/s1. The Bertz CT molecular complexity index is 911. The average molecular weight is 405 g/mol. The Morgan fingerprint density at radius 3 is 2.07 bits per heavy atom. The van der Waals surface area contributed by atoms with Crippen molar-refractivity contribution in [3.8, 4) is 0 Å². The second-order valence-electron chi connectivity index (χ2n) is 7.32. The lowest BCUT2D eigenvalue weighted by atomic mass is 10.0. The highest BCUT2D eigenvalue weighted by atomic mass is 16.3. The third kappa shape index (κ3) is 6.90. The van der Waals surface area contributed by atoms with E-state index < -0.39 is 11.9 Å². The molecule has 0 bridgehead atoms. The van der Waals surface area contributed by atoms with Crippen molar-refractivity contribution in [3.05, 3.63) is 95.9 Å². The first kappa shape index (κ1) is 21.3. The molecule has 2 amide bonds. The van der Waals surface area contributed by atoms with Gasteiger partial charge in [-0.3, -0.25) is 9.59 Å². The number of primary amides is 1. The second kappa shape index (κ2) is 11.0. The van der Waals surface area contributed by atoms with Gasteiger partial charge in [-0.1, -0.05) is 60.7 Å². The smallest absolute Gasteiger partial charge is 0.240 e. The van der Waals surface area contributed by atoms with Crippen LogP contribution >= 0.6 is 0 Å². The van der Waals surface area contributed by atoms with Crippen LogP contribution in [0, 0.1) is 0 Å². The minimum atomic E-state index is -0.744. The van der Waals surface area contributed by atoms with Crippen molar-refractivity contribution >= 4 is 11.8 Å². The van der Waals surface area contributed by atoms with E-state index in [2.05, 4.69) is 10.6 Å². The number of benzene rings is 2. The van der Waals surface area contributed by atoms with Gasteiger partial charge in [0.05, 0.1) is 12.5 Å². The Kier molecular flexibility index (Phi) is 7.80. The van der Waals surface area contributed by atoms with Crippen LogP contribution in [-0.2, 0) is 29.0 Å². The predicted molar refractivity (Wildman–Crippen MR) is 115 cm³/mol. The molecule has 2 atom stereocenters. The maximum absolute atomic E-state index is 12.7. The van der Waals surface area contributed by atoms with E-state index in [-0.39, 0.29) is 18.4 Å². The van der Waals surface area contributed by atoms with E-state index in [1.54, 1.807) is 12.5 Å². The van der Waals surface area contributed by atoms with Crippen LogP contribution in [0.15, 0.2) is 83.7 Å². The molecule has 0 spiro atoms. The van der Waals surface area contributed by atoms with Crippen molar-refractivity contribution in [3.63, 3.8) is 0 Å². The molecule has 4 N–H and O–H groups in total. The normalized spacial score (nSPS) is 12.8. The molecule has 3 aromatic rings. The summed E-state index contributed by atoms with van der Waals surface area (Å²) in [7, 11) is 0. The summed E-state index contributed by atoms with van der Waals surface area (Å²) in [4.78, 5) is 24.6. The van der Waals surface area contributed by atoms with Gasteiger partial charge in [0.15, 0.2) is 0 Å². The Labute approximate surface area is 176 Å². The largest absolute Gasteiger partial charge is 0.472 e. The summed E-state index contributed by atoms with van der Waals surface area (Å²) in [6, 6.07) is 20.5. The maximum atomic E-state index is 12.7. The third-order valence-electron chi connectivity index (χ3n) is 4.89. The molecule has 0 saturated heterocycles. The number of amides is 2. The van der Waals surface area contributed by atoms with Crippen molar-refractivity contribution in [2.24, 2.45) is 5.73 Å². The molecular formula is C24H27N3O3. The topological polar surface area (TPSA) is 97.4 Å². The molecule has 0 aliphatic heterocycles. The molecule has 1 heterocycles. The molecule has 0 aliphatic rings. The van der Waals surface area contributed by atoms with E-state index in [1.165, 1.54) is 0 Å². The van der Waals surface area contributed by atoms with Gasteiger partial charge in [0.2, 0.25) is 11.8 Å². The first-order valence-electron chi connectivity index (χ1n) is 10.0. The van der Waals surface area contributed by atoms with Gasteiger partial charge >= 0.3 is 0 Å². The summed E-state index contributed by atoms with van der Waals surface area (Å²) in [5, 5.41) is 6.22. The first-order valence-corrected chi connectivity index (χ1v) is 10.0. The number of rotatable bonds is 11. The second-order valence-corrected chi connectivity index (χ2v) is 7.32. The van der Waals surface area contributed by atoms with E-state index in [1.807, 2.05) is 66.7 Å². The molecule has 156 valence electrons. The molecule has 6 nitrogen and oxygen atoms in total. The molecular weight excluding hydrogens is 378 g/mol. The van der Waals surface area contributed by atoms with E-state index in [9.17, 15) is 9.59 Å². The van der Waals surface area contributed by atoms with Crippen LogP contribution in [0.25, 0.3) is 0 Å². The van der Waals surface area contributed by atoms with Gasteiger partial charge < -0.3 is 20.8 Å². The van der Waals surface area contributed by atoms with Crippen LogP contribution in [0.2, 0.25) is 0 Å². The Hall–Kier alpha value is -3.38. The Morgan fingerprint density at radius 1 is 0.867 bits per heavy atom. The Morgan fingerprint density at radius 2 is 1.50 bits per heavy atom. The molecule has 2 aromatic carbocycles. The molecule has 0 aliphatic carbocycles. The zero-order valence-corrected chi connectivity index (χ0v) is 16.8. The lowest BCUT2D eigenvalue weighted by molar-refractivity contribution is -0.127. The zero-order valence-electron chi connectivity index (χ0n) is 16.8.